The van der Waals surface area contributed by atoms with Gasteiger partial charge in [-0.2, -0.15) is 0 Å². The van der Waals surface area contributed by atoms with Crippen molar-refractivity contribution in [2.45, 2.75) is 26.7 Å². The standard InChI is InChI=1S/C9H19N/c1-5-6-9(2)7-8-10(3)4/h7H,5-6,8H2,1-4H3. The molecule has 60 valence electrons. The van der Waals surface area contributed by atoms with Crippen LogP contribution in [0.15, 0.2) is 11.6 Å². The van der Waals surface area contributed by atoms with E-state index in [1.54, 1.807) is 0 Å². The molecule has 0 amide bonds. The van der Waals surface area contributed by atoms with Gasteiger partial charge in [0.2, 0.25) is 0 Å². The average molecular weight is 141 g/mol. The van der Waals surface area contributed by atoms with Crippen molar-refractivity contribution in [3.63, 3.8) is 0 Å². The van der Waals surface area contributed by atoms with Crippen LogP contribution in [-0.2, 0) is 0 Å². The van der Waals surface area contributed by atoms with E-state index in [1.165, 1.54) is 18.4 Å². The molecule has 0 aromatic heterocycles. The van der Waals surface area contributed by atoms with Crippen molar-refractivity contribution in [2.75, 3.05) is 20.6 Å². The van der Waals surface area contributed by atoms with Crippen LogP contribution >= 0.6 is 0 Å². The van der Waals surface area contributed by atoms with Crippen molar-refractivity contribution < 1.29 is 0 Å². The fourth-order valence-electron chi connectivity index (χ4n) is 0.835. The van der Waals surface area contributed by atoms with Crippen molar-refractivity contribution >= 4 is 0 Å². The van der Waals surface area contributed by atoms with Gasteiger partial charge < -0.3 is 4.90 Å². The van der Waals surface area contributed by atoms with Crippen LogP contribution in [0.5, 0.6) is 0 Å². The second kappa shape index (κ2) is 5.48. The Morgan fingerprint density at radius 2 is 2.00 bits per heavy atom. The Morgan fingerprint density at radius 1 is 1.40 bits per heavy atom. The third-order valence-electron chi connectivity index (χ3n) is 1.45. The Kier molecular flexibility index (Phi) is 5.32. The van der Waals surface area contributed by atoms with E-state index in [0.717, 1.165) is 6.54 Å². The highest BCUT2D eigenvalue weighted by Crippen LogP contribution is 2.01. The van der Waals surface area contributed by atoms with Gasteiger partial charge in [-0.05, 0) is 27.4 Å². The lowest BCUT2D eigenvalue weighted by Gasteiger charge is -2.05. The van der Waals surface area contributed by atoms with Crippen LogP contribution in [-0.4, -0.2) is 25.5 Å². The van der Waals surface area contributed by atoms with Crippen LogP contribution in [0.25, 0.3) is 0 Å². The molecule has 0 heterocycles. The maximum Gasteiger partial charge on any atom is 0.0159 e. The number of likely N-dealkylation sites (N-methyl/N-ethyl adjacent to an activating group) is 1. The highest BCUT2D eigenvalue weighted by molar-refractivity contribution is 4.98. The highest BCUT2D eigenvalue weighted by atomic mass is 15.0. The molecule has 0 saturated carbocycles. The van der Waals surface area contributed by atoms with E-state index in [0.29, 0.717) is 0 Å². The molecule has 0 aliphatic carbocycles. The van der Waals surface area contributed by atoms with Crippen molar-refractivity contribution in [2.24, 2.45) is 0 Å². The van der Waals surface area contributed by atoms with Gasteiger partial charge in [0.1, 0.15) is 0 Å². The van der Waals surface area contributed by atoms with Crippen molar-refractivity contribution in [3.8, 4) is 0 Å². The first-order valence-corrected chi connectivity index (χ1v) is 3.97. The zero-order chi connectivity index (χ0) is 7.98. The van der Waals surface area contributed by atoms with Crippen molar-refractivity contribution in [1.29, 1.82) is 0 Å². The summed E-state index contributed by atoms with van der Waals surface area (Å²) in [5.41, 5.74) is 1.51. The quantitative estimate of drug-likeness (QED) is 0.543. The second-order valence-electron chi connectivity index (χ2n) is 3.06. The summed E-state index contributed by atoms with van der Waals surface area (Å²) >= 11 is 0. The third kappa shape index (κ3) is 5.83. The Bertz CT molecular complexity index is 103. The number of hydrogen-bond donors (Lipinski definition) is 0. The number of hydrogen-bond acceptors (Lipinski definition) is 1. The SMILES string of the molecule is CCCC(C)=CCN(C)C. The third-order valence-corrected chi connectivity index (χ3v) is 1.45. The van der Waals surface area contributed by atoms with Gasteiger partial charge in [0.15, 0.2) is 0 Å². The monoisotopic (exact) mass is 141 g/mol. The van der Waals surface area contributed by atoms with Gasteiger partial charge in [-0.15, -0.1) is 0 Å². The number of nitrogens with zero attached hydrogens (tertiary/aromatic N) is 1. The zero-order valence-electron chi connectivity index (χ0n) is 7.65. The molecule has 0 N–H and O–H groups in total. The zero-order valence-corrected chi connectivity index (χ0v) is 7.65. The summed E-state index contributed by atoms with van der Waals surface area (Å²) in [6.45, 7) is 5.49. The fourth-order valence-corrected chi connectivity index (χ4v) is 0.835. The molecule has 0 atom stereocenters. The number of rotatable bonds is 4. The average Bonchev–Trinajstić information content (AvgIpc) is 1.85. The van der Waals surface area contributed by atoms with Crippen LogP contribution in [0, 0.1) is 0 Å². The molecule has 0 aromatic carbocycles. The summed E-state index contributed by atoms with van der Waals surface area (Å²) in [6, 6.07) is 0. The van der Waals surface area contributed by atoms with Gasteiger partial charge in [-0.3, -0.25) is 0 Å². The largest absolute Gasteiger partial charge is 0.306 e. The van der Waals surface area contributed by atoms with E-state index in [-0.39, 0.29) is 0 Å². The molecule has 1 heteroatoms. The van der Waals surface area contributed by atoms with E-state index in [2.05, 4.69) is 38.9 Å². The molecule has 0 aliphatic rings. The minimum absolute atomic E-state index is 1.08. The summed E-state index contributed by atoms with van der Waals surface area (Å²) in [5.74, 6) is 0. The first kappa shape index (κ1) is 9.70. The van der Waals surface area contributed by atoms with Gasteiger partial charge in [0, 0.05) is 6.54 Å². The summed E-state index contributed by atoms with van der Waals surface area (Å²) in [6.07, 6.45) is 4.80. The molecule has 1 nitrogen and oxygen atoms in total. The van der Waals surface area contributed by atoms with Crippen LogP contribution in [0.3, 0.4) is 0 Å². The molecular weight excluding hydrogens is 122 g/mol. The normalized spacial score (nSPS) is 12.7. The second-order valence-corrected chi connectivity index (χ2v) is 3.06. The smallest absolute Gasteiger partial charge is 0.0159 e. The van der Waals surface area contributed by atoms with Crippen LogP contribution in [0.2, 0.25) is 0 Å². The molecule has 0 saturated heterocycles. The summed E-state index contributed by atoms with van der Waals surface area (Å²) in [7, 11) is 4.19. The van der Waals surface area contributed by atoms with Gasteiger partial charge in [0.25, 0.3) is 0 Å². The lowest BCUT2D eigenvalue weighted by Crippen LogP contribution is -2.10. The molecule has 0 radical (unpaired) electrons. The van der Waals surface area contributed by atoms with E-state index >= 15 is 0 Å². The minimum atomic E-state index is 1.08. The van der Waals surface area contributed by atoms with E-state index in [4.69, 9.17) is 0 Å². The summed E-state index contributed by atoms with van der Waals surface area (Å²) < 4.78 is 0. The van der Waals surface area contributed by atoms with E-state index in [1.807, 2.05) is 0 Å². The lowest BCUT2D eigenvalue weighted by atomic mass is 10.2. The lowest BCUT2D eigenvalue weighted by molar-refractivity contribution is 0.455. The Labute approximate surface area is 64.7 Å². The van der Waals surface area contributed by atoms with E-state index < -0.39 is 0 Å². The predicted molar refractivity (Wildman–Crippen MR) is 47.2 cm³/mol. The van der Waals surface area contributed by atoms with Crippen LogP contribution < -0.4 is 0 Å². The molecule has 0 spiro atoms. The highest BCUT2D eigenvalue weighted by Gasteiger charge is 1.87. The Balaban J connectivity index is 3.47. The van der Waals surface area contributed by atoms with Crippen LogP contribution in [0.1, 0.15) is 26.7 Å². The van der Waals surface area contributed by atoms with Crippen LogP contribution in [0.4, 0.5) is 0 Å². The predicted octanol–water partition coefficient (Wildman–Crippen LogP) is 2.29. The molecular formula is C9H19N. The van der Waals surface area contributed by atoms with Crippen molar-refractivity contribution in [1.82, 2.24) is 4.90 Å². The summed E-state index contributed by atoms with van der Waals surface area (Å²) in [5, 5.41) is 0. The Hall–Kier alpha value is -0.300. The van der Waals surface area contributed by atoms with Gasteiger partial charge >= 0.3 is 0 Å². The molecule has 0 aliphatic heterocycles. The first-order chi connectivity index (χ1) is 4.66. The maximum atomic E-state index is 2.30. The first-order valence-electron chi connectivity index (χ1n) is 3.97. The maximum absolute atomic E-state index is 2.30. The molecule has 0 fully saturated rings. The minimum Gasteiger partial charge on any atom is -0.306 e. The fraction of sp³-hybridized carbons (Fsp3) is 0.778. The molecule has 0 aromatic rings. The topological polar surface area (TPSA) is 3.24 Å². The van der Waals surface area contributed by atoms with Gasteiger partial charge in [-0.25, -0.2) is 0 Å². The molecule has 0 rings (SSSR count). The number of allylic oxidation sites excluding steroid dienone is 1. The molecule has 10 heavy (non-hydrogen) atoms. The van der Waals surface area contributed by atoms with Crippen molar-refractivity contribution in [3.05, 3.63) is 11.6 Å². The molecule has 0 bridgehead atoms. The van der Waals surface area contributed by atoms with Gasteiger partial charge in [-0.1, -0.05) is 25.0 Å². The Morgan fingerprint density at radius 3 is 2.40 bits per heavy atom. The summed E-state index contributed by atoms with van der Waals surface area (Å²) in [4.78, 5) is 2.18. The van der Waals surface area contributed by atoms with Gasteiger partial charge in [0.05, 0.1) is 0 Å². The van der Waals surface area contributed by atoms with E-state index in [9.17, 15) is 0 Å². The molecule has 0 unspecified atom stereocenters.